The van der Waals surface area contributed by atoms with Gasteiger partial charge in [0.05, 0.1) is 16.3 Å². The summed E-state index contributed by atoms with van der Waals surface area (Å²) in [6.45, 7) is 4.86. The number of piperazine rings is 1. The Morgan fingerprint density at radius 1 is 0.959 bits per heavy atom. The molecule has 2 aromatic carbocycles. The molecule has 2 aromatic rings. The van der Waals surface area contributed by atoms with Crippen molar-refractivity contribution in [3.8, 4) is 0 Å². The summed E-state index contributed by atoms with van der Waals surface area (Å²) in [5.74, 6) is -0.364. The zero-order valence-electron chi connectivity index (χ0n) is 27.3. The third-order valence-electron chi connectivity index (χ3n) is 10.2. The van der Waals surface area contributed by atoms with E-state index in [2.05, 4.69) is 15.5 Å². The summed E-state index contributed by atoms with van der Waals surface area (Å²) in [5.41, 5.74) is 6.00. The van der Waals surface area contributed by atoms with Gasteiger partial charge in [-0.05, 0) is 61.4 Å². The maximum atomic E-state index is 14.0. The number of anilines is 2. The topological polar surface area (TPSA) is 123 Å². The van der Waals surface area contributed by atoms with Crippen LogP contribution >= 0.6 is 11.6 Å². The molecule has 4 aliphatic rings. The first-order chi connectivity index (χ1) is 23.5. The highest BCUT2D eigenvalue weighted by Gasteiger charge is 2.37. The molecule has 3 saturated heterocycles. The Morgan fingerprint density at radius 2 is 1.65 bits per heavy atom. The number of amides is 5. The average Bonchev–Trinajstić information content (AvgIpc) is 3.27. The van der Waals surface area contributed by atoms with Gasteiger partial charge in [-0.3, -0.25) is 9.69 Å². The van der Waals surface area contributed by atoms with Crippen molar-refractivity contribution in [2.24, 2.45) is 0 Å². The Bertz CT molecular complexity index is 1520. The summed E-state index contributed by atoms with van der Waals surface area (Å²) < 4.78 is 46.9. The predicted molar refractivity (Wildman–Crippen MR) is 179 cm³/mol. The van der Waals surface area contributed by atoms with Crippen molar-refractivity contribution in [2.45, 2.75) is 62.8 Å². The SMILES string of the molecule is Nc1c(Cl)cc(C[C@@H](NC(=O)N2CCC(N3CCc4ccccc4NC3=O)CC2)C(=O)N2CCN(C3CCOCC3)CC2)cc1C(F)(F)F. The standard InChI is InChI=1S/C34H43ClF3N7O4/c35-27-20-22(19-26(30(27)39)34(36,37)38)21-29(31(46)43-15-13-42(14-16-43)24-8-17-49-18-9-24)41-32(47)44-10-6-25(7-11-44)45-12-5-23-3-1-2-4-28(23)40-33(45)48/h1-4,19-20,24-25,29H,5-18,21,39H2,(H,40,48)(H,41,47)/t29-/m1/s1. The minimum atomic E-state index is -4.75. The van der Waals surface area contributed by atoms with Crippen LogP contribution in [-0.2, 0) is 28.5 Å². The van der Waals surface area contributed by atoms with Crippen LogP contribution in [0.2, 0.25) is 5.02 Å². The van der Waals surface area contributed by atoms with E-state index in [1.54, 1.807) is 9.80 Å². The number of nitrogen functional groups attached to an aromatic ring is 1. The van der Waals surface area contributed by atoms with E-state index in [9.17, 15) is 27.6 Å². The molecule has 3 fully saturated rings. The molecule has 49 heavy (non-hydrogen) atoms. The molecule has 11 nitrogen and oxygen atoms in total. The van der Waals surface area contributed by atoms with Crippen LogP contribution in [0.1, 0.15) is 42.4 Å². The fraction of sp³-hybridized carbons (Fsp3) is 0.559. The molecule has 0 aliphatic carbocycles. The van der Waals surface area contributed by atoms with Crippen LogP contribution in [0.15, 0.2) is 36.4 Å². The number of hydrogen-bond acceptors (Lipinski definition) is 6. The van der Waals surface area contributed by atoms with Crippen LogP contribution in [0.4, 0.5) is 34.1 Å². The number of benzene rings is 2. The predicted octanol–water partition coefficient (Wildman–Crippen LogP) is 4.44. The van der Waals surface area contributed by atoms with Crippen LogP contribution in [0.5, 0.6) is 0 Å². The summed E-state index contributed by atoms with van der Waals surface area (Å²) in [5, 5.41) is 5.57. The number of alkyl halides is 3. The third kappa shape index (κ3) is 8.18. The van der Waals surface area contributed by atoms with Crippen molar-refractivity contribution in [3.05, 3.63) is 58.1 Å². The number of urea groups is 2. The number of ether oxygens (including phenoxy) is 1. The van der Waals surface area contributed by atoms with E-state index in [1.165, 1.54) is 6.07 Å². The Labute approximate surface area is 288 Å². The van der Waals surface area contributed by atoms with Gasteiger partial charge in [-0.1, -0.05) is 29.8 Å². The Morgan fingerprint density at radius 3 is 2.35 bits per heavy atom. The molecule has 0 saturated carbocycles. The number of likely N-dealkylation sites (tertiary alicyclic amines) is 1. The fourth-order valence-electron chi connectivity index (χ4n) is 7.40. The van der Waals surface area contributed by atoms with E-state index in [-0.39, 0.29) is 35.0 Å². The number of para-hydroxylation sites is 1. The second-order valence-electron chi connectivity index (χ2n) is 13.2. The average molecular weight is 706 g/mol. The van der Waals surface area contributed by atoms with Gasteiger partial charge in [0.2, 0.25) is 5.91 Å². The van der Waals surface area contributed by atoms with E-state index in [4.69, 9.17) is 22.1 Å². The van der Waals surface area contributed by atoms with E-state index in [0.717, 1.165) is 30.2 Å². The monoisotopic (exact) mass is 705 g/mol. The summed E-state index contributed by atoms with van der Waals surface area (Å²) in [6, 6.07) is 8.46. The van der Waals surface area contributed by atoms with Crippen molar-refractivity contribution in [1.29, 1.82) is 0 Å². The number of carbonyl (C=O) groups is 3. The Hall–Kier alpha value is -3.75. The number of halogens is 4. The van der Waals surface area contributed by atoms with Gasteiger partial charge in [0.25, 0.3) is 0 Å². The van der Waals surface area contributed by atoms with E-state index < -0.39 is 29.5 Å². The number of rotatable bonds is 6. The maximum Gasteiger partial charge on any atom is 0.418 e. The molecule has 0 spiro atoms. The minimum absolute atomic E-state index is 0.0690. The molecule has 4 heterocycles. The summed E-state index contributed by atoms with van der Waals surface area (Å²) in [4.78, 5) is 48.1. The van der Waals surface area contributed by atoms with Crippen molar-refractivity contribution >= 4 is 40.9 Å². The van der Waals surface area contributed by atoms with Crippen LogP contribution < -0.4 is 16.4 Å². The second kappa shape index (κ2) is 15.0. The van der Waals surface area contributed by atoms with Gasteiger partial charge in [0.1, 0.15) is 6.04 Å². The zero-order chi connectivity index (χ0) is 34.7. The van der Waals surface area contributed by atoms with Crippen molar-refractivity contribution < 1.29 is 32.3 Å². The highest BCUT2D eigenvalue weighted by atomic mass is 35.5. The lowest BCUT2D eigenvalue weighted by molar-refractivity contribution is -0.137. The number of piperidine rings is 1. The molecular formula is C34H43ClF3N7O4. The lowest BCUT2D eigenvalue weighted by Gasteiger charge is -2.42. The number of carbonyl (C=O) groups excluding carboxylic acids is 3. The zero-order valence-corrected chi connectivity index (χ0v) is 28.1. The largest absolute Gasteiger partial charge is 0.418 e. The van der Waals surface area contributed by atoms with E-state index >= 15 is 0 Å². The van der Waals surface area contributed by atoms with Gasteiger partial charge >= 0.3 is 18.2 Å². The number of nitrogens with two attached hydrogens (primary N) is 1. The van der Waals surface area contributed by atoms with Gasteiger partial charge in [-0.25, -0.2) is 9.59 Å². The van der Waals surface area contributed by atoms with Crippen LogP contribution in [-0.4, -0.2) is 115 Å². The lowest BCUT2D eigenvalue weighted by Crippen LogP contribution is -2.59. The molecule has 4 N–H and O–H groups in total. The third-order valence-corrected chi connectivity index (χ3v) is 10.5. The van der Waals surface area contributed by atoms with Crippen molar-refractivity contribution in [1.82, 2.24) is 24.9 Å². The molecule has 15 heteroatoms. The summed E-state index contributed by atoms with van der Waals surface area (Å²) in [6.07, 6.45) is -1.27. The lowest BCUT2D eigenvalue weighted by atomic mass is 10.00. The second-order valence-corrected chi connectivity index (χ2v) is 13.6. The maximum absolute atomic E-state index is 14.0. The Kier molecular flexibility index (Phi) is 10.8. The first-order valence-corrected chi connectivity index (χ1v) is 17.3. The first kappa shape index (κ1) is 35.1. The van der Waals surface area contributed by atoms with Crippen molar-refractivity contribution in [2.75, 3.05) is 70.1 Å². The molecule has 4 aliphatic heterocycles. The van der Waals surface area contributed by atoms with E-state index in [0.29, 0.717) is 84.3 Å². The smallest absolute Gasteiger partial charge is 0.397 e. The molecule has 0 aromatic heterocycles. The first-order valence-electron chi connectivity index (χ1n) is 16.9. The molecule has 0 bridgehead atoms. The van der Waals surface area contributed by atoms with Crippen molar-refractivity contribution in [3.63, 3.8) is 0 Å². The quantitative estimate of drug-likeness (QED) is 0.382. The van der Waals surface area contributed by atoms with Crippen LogP contribution in [0, 0.1) is 0 Å². The summed E-state index contributed by atoms with van der Waals surface area (Å²) >= 11 is 6.12. The molecule has 1 atom stereocenters. The normalized spacial score (nSPS) is 20.7. The van der Waals surface area contributed by atoms with Gasteiger partial charge in [-0.2, -0.15) is 13.2 Å². The fourth-order valence-corrected chi connectivity index (χ4v) is 7.64. The highest BCUT2D eigenvalue weighted by Crippen LogP contribution is 2.38. The number of nitrogens with one attached hydrogen (secondary N) is 2. The number of fused-ring (bicyclic) bond motifs is 1. The molecule has 5 amide bonds. The summed E-state index contributed by atoms with van der Waals surface area (Å²) in [7, 11) is 0. The van der Waals surface area contributed by atoms with E-state index in [1.807, 2.05) is 29.2 Å². The van der Waals surface area contributed by atoms with Crippen LogP contribution in [0.3, 0.4) is 0 Å². The molecule has 0 unspecified atom stereocenters. The molecule has 6 rings (SSSR count). The number of nitrogens with zero attached hydrogens (tertiary/aromatic N) is 4. The molecule has 0 radical (unpaired) electrons. The highest BCUT2D eigenvalue weighted by molar-refractivity contribution is 6.33. The minimum Gasteiger partial charge on any atom is -0.397 e. The van der Waals surface area contributed by atoms with Gasteiger partial charge in [-0.15, -0.1) is 0 Å². The van der Waals surface area contributed by atoms with Gasteiger partial charge in [0.15, 0.2) is 0 Å². The molecular weight excluding hydrogens is 663 g/mol. The van der Waals surface area contributed by atoms with Gasteiger partial charge in [0, 0.05) is 83.2 Å². The van der Waals surface area contributed by atoms with Crippen LogP contribution in [0.25, 0.3) is 0 Å². The van der Waals surface area contributed by atoms with Gasteiger partial charge < -0.3 is 35.8 Å². The number of hydrogen-bond donors (Lipinski definition) is 3. The Balaban J connectivity index is 1.12. The molecule has 266 valence electrons.